The van der Waals surface area contributed by atoms with E-state index in [1.807, 2.05) is 42.8 Å². The van der Waals surface area contributed by atoms with Gasteiger partial charge in [-0.3, -0.25) is 0 Å². The first-order chi connectivity index (χ1) is 10.3. The summed E-state index contributed by atoms with van der Waals surface area (Å²) >= 11 is 3.32. The molecule has 0 bridgehead atoms. The lowest BCUT2D eigenvalue weighted by Gasteiger charge is -2.08. The van der Waals surface area contributed by atoms with Crippen molar-refractivity contribution < 1.29 is 4.74 Å². The summed E-state index contributed by atoms with van der Waals surface area (Å²) in [5, 5.41) is 6.26. The van der Waals surface area contributed by atoms with Gasteiger partial charge in [-0.05, 0) is 23.6 Å². The van der Waals surface area contributed by atoms with E-state index in [-0.39, 0.29) is 0 Å². The van der Waals surface area contributed by atoms with E-state index in [2.05, 4.69) is 15.3 Å². The van der Waals surface area contributed by atoms with E-state index in [1.54, 1.807) is 30.2 Å². The molecule has 0 saturated heterocycles. The molecule has 0 aliphatic rings. The number of fused-ring (bicyclic) bond motifs is 1. The Labute approximate surface area is 131 Å². The van der Waals surface area contributed by atoms with Gasteiger partial charge in [0.05, 0.1) is 18.2 Å². The quantitative estimate of drug-likeness (QED) is 0.720. The molecule has 0 aliphatic heterocycles. The molecule has 2 aromatic heterocycles. The highest BCUT2D eigenvalue weighted by Crippen LogP contribution is 2.32. The van der Waals surface area contributed by atoms with E-state index in [0.717, 1.165) is 32.5 Å². The summed E-state index contributed by atoms with van der Waals surface area (Å²) in [5.74, 6) is 3.30. The van der Waals surface area contributed by atoms with Crippen molar-refractivity contribution in [1.29, 1.82) is 0 Å². The number of nitrogens with zero attached hydrogens (tertiary/aromatic N) is 2. The van der Waals surface area contributed by atoms with Gasteiger partial charge in [0.25, 0.3) is 0 Å². The number of thiophene rings is 1. The third-order valence-electron chi connectivity index (χ3n) is 3.03. The summed E-state index contributed by atoms with van der Waals surface area (Å²) in [6.45, 7) is 0. The number of para-hydroxylation sites is 1. The molecular weight excluding hydrogens is 302 g/mol. The van der Waals surface area contributed by atoms with Gasteiger partial charge in [0, 0.05) is 11.9 Å². The zero-order valence-electron chi connectivity index (χ0n) is 11.8. The number of hydrogen-bond acceptors (Lipinski definition) is 6. The fourth-order valence-electron chi connectivity index (χ4n) is 2.04. The van der Waals surface area contributed by atoms with Gasteiger partial charge < -0.3 is 10.1 Å². The molecule has 1 N–H and O–H groups in total. The van der Waals surface area contributed by atoms with Crippen LogP contribution >= 0.6 is 23.1 Å². The molecule has 4 nitrogen and oxygen atoms in total. The third kappa shape index (κ3) is 2.96. The summed E-state index contributed by atoms with van der Waals surface area (Å²) in [6, 6.07) is 10.0. The lowest BCUT2D eigenvalue weighted by molar-refractivity contribution is 0.405. The number of methoxy groups -OCH3 is 1. The van der Waals surface area contributed by atoms with Gasteiger partial charge >= 0.3 is 0 Å². The van der Waals surface area contributed by atoms with Crippen LogP contribution in [-0.2, 0) is 5.75 Å². The first-order valence-electron chi connectivity index (χ1n) is 6.49. The van der Waals surface area contributed by atoms with Crippen LogP contribution in [0.4, 0.5) is 5.82 Å². The van der Waals surface area contributed by atoms with Crippen LogP contribution in [0.15, 0.2) is 40.6 Å². The first-order valence-corrected chi connectivity index (χ1v) is 8.36. The Bertz CT molecular complexity index is 758. The van der Waals surface area contributed by atoms with Gasteiger partial charge in [0.15, 0.2) is 0 Å². The number of benzene rings is 1. The van der Waals surface area contributed by atoms with Crippen molar-refractivity contribution in [2.75, 3.05) is 19.5 Å². The molecule has 0 amide bonds. The topological polar surface area (TPSA) is 47.0 Å². The van der Waals surface area contributed by atoms with Crippen molar-refractivity contribution in [3.8, 4) is 5.75 Å². The van der Waals surface area contributed by atoms with Crippen LogP contribution in [0.25, 0.3) is 10.2 Å². The normalized spacial score (nSPS) is 10.8. The minimum Gasteiger partial charge on any atom is -0.496 e. The van der Waals surface area contributed by atoms with Gasteiger partial charge in [0.2, 0.25) is 0 Å². The maximum atomic E-state index is 5.36. The minimum atomic E-state index is 0.711. The van der Waals surface area contributed by atoms with Crippen molar-refractivity contribution in [1.82, 2.24) is 9.97 Å². The molecule has 0 unspecified atom stereocenters. The van der Waals surface area contributed by atoms with Crippen LogP contribution in [0, 0.1) is 0 Å². The molecule has 1 aromatic carbocycles. The van der Waals surface area contributed by atoms with E-state index >= 15 is 0 Å². The molecule has 0 spiro atoms. The van der Waals surface area contributed by atoms with Crippen molar-refractivity contribution in [2.24, 2.45) is 0 Å². The zero-order chi connectivity index (χ0) is 14.7. The molecule has 3 rings (SSSR count). The minimum absolute atomic E-state index is 0.711. The lowest BCUT2D eigenvalue weighted by Crippen LogP contribution is -1.99. The summed E-state index contributed by atoms with van der Waals surface area (Å²) in [4.78, 5) is 11.3. The molecule has 0 saturated carbocycles. The molecule has 21 heavy (non-hydrogen) atoms. The molecule has 108 valence electrons. The maximum absolute atomic E-state index is 5.36. The van der Waals surface area contributed by atoms with Crippen LogP contribution in [0.2, 0.25) is 0 Å². The number of anilines is 1. The van der Waals surface area contributed by atoms with Gasteiger partial charge in [-0.1, -0.05) is 12.1 Å². The van der Waals surface area contributed by atoms with Crippen molar-refractivity contribution in [2.45, 2.75) is 10.6 Å². The Kier molecular flexibility index (Phi) is 4.26. The molecule has 3 aromatic rings. The Morgan fingerprint density at radius 3 is 2.90 bits per heavy atom. The van der Waals surface area contributed by atoms with Crippen molar-refractivity contribution in [3.63, 3.8) is 0 Å². The summed E-state index contributed by atoms with van der Waals surface area (Å²) in [7, 11) is 3.57. The van der Waals surface area contributed by atoms with Crippen LogP contribution in [0.3, 0.4) is 0 Å². The van der Waals surface area contributed by atoms with Crippen molar-refractivity contribution >= 4 is 39.1 Å². The molecule has 0 aliphatic carbocycles. The van der Waals surface area contributed by atoms with Gasteiger partial charge in [-0.15, -0.1) is 23.1 Å². The van der Waals surface area contributed by atoms with Gasteiger partial charge in [0.1, 0.15) is 22.2 Å². The van der Waals surface area contributed by atoms with E-state index in [1.165, 1.54) is 0 Å². The fraction of sp³-hybridized carbons (Fsp3) is 0.200. The molecule has 0 radical (unpaired) electrons. The number of ether oxygens (including phenoxy) is 1. The number of hydrogen-bond donors (Lipinski definition) is 1. The molecular formula is C15H15N3OS2. The predicted molar refractivity (Wildman–Crippen MR) is 89.5 cm³/mol. The molecule has 0 atom stereocenters. The van der Waals surface area contributed by atoms with E-state index < -0.39 is 0 Å². The average Bonchev–Trinajstić information content (AvgIpc) is 3.00. The van der Waals surface area contributed by atoms with Crippen LogP contribution < -0.4 is 10.1 Å². The largest absolute Gasteiger partial charge is 0.496 e. The highest BCUT2D eigenvalue weighted by atomic mass is 32.2. The van der Waals surface area contributed by atoms with Crippen LogP contribution in [0.5, 0.6) is 5.75 Å². The van der Waals surface area contributed by atoms with Crippen LogP contribution in [0.1, 0.15) is 5.82 Å². The smallest absolute Gasteiger partial charge is 0.142 e. The Morgan fingerprint density at radius 2 is 2.10 bits per heavy atom. The van der Waals surface area contributed by atoms with E-state index in [0.29, 0.717) is 5.75 Å². The Morgan fingerprint density at radius 1 is 1.24 bits per heavy atom. The highest BCUT2D eigenvalue weighted by molar-refractivity contribution is 7.98. The highest BCUT2D eigenvalue weighted by Gasteiger charge is 2.09. The second-order valence-electron chi connectivity index (χ2n) is 4.32. The van der Waals surface area contributed by atoms with E-state index in [4.69, 9.17) is 4.74 Å². The number of thioether (sulfide) groups is 1. The predicted octanol–water partition coefficient (Wildman–Crippen LogP) is 4.03. The molecule has 6 heteroatoms. The van der Waals surface area contributed by atoms with Crippen molar-refractivity contribution in [3.05, 3.63) is 41.5 Å². The second kappa shape index (κ2) is 6.32. The standard InChI is InChI=1S/C15H15N3OS2/c1-16-14-10-7-8-20-15(10)18-13(17-14)9-21-12-6-4-3-5-11(12)19-2/h3-8H,9H2,1-2H3,(H,16,17,18). The van der Waals surface area contributed by atoms with Crippen LogP contribution in [-0.4, -0.2) is 24.1 Å². The monoisotopic (exact) mass is 317 g/mol. The van der Waals surface area contributed by atoms with Gasteiger partial charge in [-0.25, -0.2) is 9.97 Å². The van der Waals surface area contributed by atoms with Gasteiger partial charge in [-0.2, -0.15) is 0 Å². The number of aromatic nitrogens is 2. The average molecular weight is 317 g/mol. The Balaban J connectivity index is 1.85. The SMILES string of the molecule is CNc1nc(CSc2ccccc2OC)nc2sccc12. The molecule has 0 fully saturated rings. The lowest BCUT2D eigenvalue weighted by atomic mass is 10.3. The van der Waals surface area contributed by atoms with E-state index in [9.17, 15) is 0 Å². The fourth-order valence-corrected chi connectivity index (χ4v) is 3.70. The summed E-state index contributed by atoms with van der Waals surface area (Å²) < 4.78 is 5.36. The second-order valence-corrected chi connectivity index (χ2v) is 6.23. The molecule has 2 heterocycles. The Hall–Kier alpha value is -1.79. The third-order valence-corrected chi connectivity index (χ3v) is 4.89. The maximum Gasteiger partial charge on any atom is 0.142 e. The number of nitrogens with one attached hydrogen (secondary N) is 1. The summed E-state index contributed by atoms with van der Waals surface area (Å²) in [5.41, 5.74) is 0. The first kappa shape index (κ1) is 14.2. The zero-order valence-corrected chi connectivity index (χ0v) is 13.4. The number of rotatable bonds is 5. The summed E-state index contributed by atoms with van der Waals surface area (Å²) in [6.07, 6.45) is 0.